The van der Waals surface area contributed by atoms with Crippen LogP contribution in [0.2, 0.25) is 0 Å². The van der Waals surface area contributed by atoms with Gasteiger partial charge in [-0.2, -0.15) is 0 Å². The smallest absolute Gasteiger partial charge is 0.191 e. The number of nitrogens with one attached hydrogen (secondary N) is 2. The van der Waals surface area contributed by atoms with Gasteiger partial charge in [-0.1, -0.05) is 12.1 Å². The van der Waals surface area contributed by atoms with Crippen molar-refractivity contribution < 1.29 is 4.74 Å². The van der Waals surface area contributed by atoms with E-state index in [2.05, 4.69) is 62.4 Å². The lowest BCUT2D eigenvalue weighted by Crippen LogP contribution is -2.47. The summed E-state index contributed by atoms with van der Waals surface area (Å²) in [6.45, 7) is 14.7. The third kappa shape index (κ3) is 7.87. The van der Waals surface area contributed by atoms with E-state index in [1.807, 2.05) is 13.0 Å². The van der Waals surface area contributed by atoms with Crippen molar-refractivity contribution in [2.24, 2.45) is 4.99 Å². The molecular formula is C17H30IN3O. The van der Waals surface area contributed by atoms with Gasteiger partial charge in [-0.3, -0.25) is 0 Å². The van der Waals surface area contributed by atoms with E-state index in [1.54, 1.807) is 0 Å². The molecule has 0 fully saturated rings. The van der Waals surface area contributed by atoms with Gasteiger partial charge in [-0.25, -0.2) is 4.99 Å². The summed E-state index contributed by atoms with van der Waals surface area (Å²) in [6, 6.07) is 6.23. The molecule has 0 saturated heterocycles. The largest absolute Gasteiger partial charge is 0.494 e. The van der Waals surface area contributed by atoms with Gasteiger partial charge in [-0.15, -0.1) is 24.0 Å². The van der Waals surface area contributed by atoms with Crippen LogP contribution in [-0.2, 0) is 6.54 Å². The number of hydrogen-bond donors (Lipinski definition) is 2. The summed E-state index contributed by atoms with van der Waals surface area (Å²) in [5, 5.41) is 6.66. The zero-order chi connectivity index (χ0) is 15.9. The Kier molecular flexibility index (Phi) is 9.48. The standard InChI is InChI=1S/C17H29N3O.HI/c1-7-18-16(20-17(4,5)6)19-12-14-9-10-15(21-8-2)13(3)11-14;/h9-11H,7-8,12H2,1-6H3,(H2,18,19,20);1H. The molecule has 5 heteroatoms. The molecule has 0 unspecified atom stereocenters. The van der Waals surface area contributed by atoms with E-state index in [9.17, 15) is 0 Å². The lowest BCUT2D eigenvalue weighted by atomic mass is 10.1. The number of guanidine groups is 1. The zero-order valence-electron chi connectivity index (χ0n) is 14.6. The van der Waals surface area contributed by atoms with Crippen LogP contribution in [0.1, 0.15) is 45.7 Å². The van der Waals surface area contributed by atoms with Crippen molar-refractivity contribution in [3.63, 3.8) is 0 Å². The fraction of sp³-hybridized carbons (Fsp3) is 0.588. The predicted octanol–water partition coefficient (Wildman–Crippen LogP) is 3.87. The molecule has 0 heterocycles. The third-order valence-corrected chi connectivity index (χ3v) is 2.80. The fourth-order valence-electron chi connectivity index (χ4n) is 1.96. The molecule has 126 valence electrons. The van der Waals surface area contributed by atoms with Gasteiger partial charge in [0.25, 0.3) is 0 Å². The molecule has 0 saturated carbocycles. The molecule has 0 spiro atoms. The highest BCUT2D eigenvalue weighted by Gasteiger charge is 2.11. The monoisotopic (exact) mass is 419 g/mol. The van der Waals surface area contributed by atoms with Crippen LogP contribution in [0.4, 0.5) is 0 Å². The highest BCUT2D eigenvalue weighted by Crippen LogP contribution is 2.19. The second kappa shape index (κ2) is 9.92. The molecule has 0 aliphatic heterocycles. The van der Waals surface area contributed by atoms with Crippen molar-refractivity contribution >= 4 is 29.9 Å². The molecular weight excluding hydrogens is 389 g/mol. The first-order valence-corrected chi connectivity index (χ1v) is 7.64. The fourth-order valence-corrected chi connectivity index (χ4v) is 1.96. The third-order valence-electron chi connectivity index (χ3n) is 2.80. The Hall–Kier alpha value is -0.980. The Bertz CT molecular complexity index is 481. The zero-order valence-corrected chi connectivity index (χ0v) is 16.9. The molecule has 0 aliphatic carbocycles. The Morgan fingerprint density at radius 2 is 1.91 bits per heavy atom. The van der Waals surface area contributed by atoms with E-state index in [4.69, 9.17) is 4.74 Å². The van der Waals surface area contributed by atoms with Gasteiger partial charge in [-0.05, 0) is 58.7 Å². The topological polar surface area (TPSA) is 45.7 Å². The van der Waals surface area contributed by atoms with Crippen molar-refractivity contribution in [2.45, 2.75) is 53.6 Å². The number of nitrogens with zero attached hydrogens (tertiary/aromatic N) is 1. The molecule has 0 bridgehead atoms. The van der Waals surface area contributed by atoms with Crippen LogP contribution < -0.4 is 15.4 Å². The van der Waals surface area contributed by atoms with Crippen LogP contribution in [0.5, 0.6) is 5.75 Å². The highest BCUT2D eigenvalue weighted by atomic mass is 127. The maximum Gasteiger partial charge on any atom is 0.191 e. The highest BCUT2D eigenvalue weighted by molar-refractivity contribution is 14.0. The van der Waals surface area contributed by atoms with E-state index in [1.165, 1.54) is 5.56 Å². The molecule has 1 rings (SSSR count). The van der Waals surface area contributed by atoms with Crippen LogP contribution in [-0.4, -0.2) is 24.7 Å². The summed E-state index contributed by atoms with van der Waals surface area (Å²) in [4.78, 5) is 4.64. The minimum absolute atomic E-state index is 0. The Morgan fingerprint density at radius 3 is 2.41 bits per heavy atom. The number of benzene rings is 1. The summed E-state index contributed by atoms with van der Waals surface area (Å²) in [7, 11) is 0. The molecule has 0 radical (unpaired) electrons. The molecule has 1 aromatic rings. The predicted molar refractivity (Wildman–Crippen MR) is 105 cm³/mol. The minimum atomic E-state index is -0.00422. The van der Waals surface area contributed by atoms with Crippen LogP contribution >= 0.6 is 24.0 Å². The number of aliphatic imine (C=N–C) groups is 1. The van der Waals surface area contributed by atoms with Crippen LogP contribution in [0.3, 0.4) is 0 Å². The molecule has 4 nitrogen and oxygen atoms in total. The van der Waals surface area contributed by atoms with Crippen molar-refractivity contribution in [2.75, 3.05) is 13.2 Å². The van der Waals surface area contributed by atoms with Crippen molar-refractivity contribution in [3.05, 3.63) is 29.3 Å². The molecule has 0 atom stereocenters. The minimum Gasteiger partial charge on any atom is -0.494 e. The average Bonchev–Trinajstić information content (AvgIpc) is 2.38. The van der Waals surface area contributed by atoms with E-state index < -0.39 is 0 Å². The van der Waals surface area contributed by atoms with Gasteiger partial charge in [0.15, 0.2) is 5.96 Å². The van der Waals surface area contributed by atoms with Gasteiger partial charge in [0.05, 0.1) is 13.2 Å². The summed E-state index contributed by atoms with van der Waals surface area (Å²) >= 11 is 0. The summed E-state index contributed by atoms with van der Waals surface area (Å²) in [6.07, 6.45) is 0. The first-order valence-electron chi connectivity index (χ1n) is 7.64. The maximum atomic E-state index is 5.56. The Labute approximate surface area is 152 Å². The van der Waals surface area contributed by atoms with E-state index in [-0.39, 0.29) is 29.5 Å². The lowest BCUT2D eigenvalue weighted by Gasteiger charge is -2.23. The van der Waals surface area contributed by atoms with Gasteiger partial charge >= 0.3 is 0 Å². The molecule has 1 aromatic carbocycles. The summed E-state index contributed by atoms with van der Waals surface area (Å²) in [5.74, 6) is 1.79. The number of aryl methyl sites for hydroxylation is 1. The maximum absolute atomic E-state index is 5.56. The van der Waals surface area contributed by atoms with Crippen molar-refractivity contribution in [1.29, 1.82) is 0 Å². The average molecular weight is 419 g/mol. The molecule has 22 heavy (non-hydrogen) atoms. The van der Waals surface area contributed by atoms with Crippen molar-refractivity contribution in [3.8, 4) is 5.75 Å². The molecule has 0 amide bonds. The molecule has 0 aromatic heterocycles. The Balaban J connectivity index is 0.00000441. The van der Waals surface area contributed by atoms with Gasteiger partial charge < -0.3 is 15.4 Å². The quantitative estimate of drug-likeness (QED) is 0.433. The van der Waals surface area contributed by atoms with Crippen LogP contribution in [0.15, 0.2) is 23.2 Å². The summed E-state index contributed by atoms with van der Waals surface area (Å²) < 4.78 is 5.56. The molecule has 0 aliphatic rings. The van der Waals surface area contributed by atoms with Crippen LogP contribution in [0, 0.1) is 6.92 Å². The number of halogens is 1. The van der Waals surface area contributed by atoms with Crippen LogP contribution in [0.25, 0.3) is 0 Å². The van der Waals surface area contributed by atoms with Gasteiger partial charge in [0, 0.05) is 12.1 Å². The first kappa shape index (κ1) is 21.0. The van der Waals surface area contributed by atoms with Gasteiger partial charge in [0.2, 0.25) is 0 Å². The van der Waals surface area contributed by atoms with E-state index >= 15 is 0 Å². The van der Waals surface area contributed by atoms with E-state index in [0.29, 0.717) is 13.2 Å². The number of hydrogen-bond acceptors (Lipinski definition) is 2. The Morgan fingerprint density at radius 1 is 1.23 bits per heavy atom. The second-order valence-corrected chi connectivity index (χ2v) is 6.10. The molecule has 2 N–H and O–H groups in total. The normalized spacial score (nSPS) is 11.6. The number of rotatable bonds is 5. The van der Waals surface area contributed by atoms with Gasteiger partial charge in [0.1, 0.15) is 5.75 Å². The SMILES string of the molecule is CCNC(=NCc1ccc(OCC)c(C)c1)NC(C)(C)C.I. The summed E-state index contributed by atoms with van der Waals surface area (Å²) in [5.41, 5.74) is 2.33. The first-order chi connectivity index (χ1) is 9.85. The number of ether oxygens (including phenoxy) is 1. The van der Waals surface area contributed by atoms with E-state index in [0.717, 1.165) is 23.8 Å². The lowest BCUT2D eigenvalue weighted by molar-refractivity contribution is 0.338. The van der Waals surface area contributed by atoms with Crippen molar-refractivity contribution in [1.82, 2.24) is 10.6 Å². The second-order valence-electron chi connectivity index (χ2n) is 6.10.